The molecule has 0 atom stereocenters. The van der Waals surface area contributed by atoms with Gasteiger partial charge in [-0.3, -0.25) is 9.59 Å². The van der Waals surface area contributed by atoms with Crippen LogP contribution < -0.4 is 5.32 Å². The summed E-state index contributed by atoms with van der Waals surface area (Å²) < 4.78 is 5.42. The van der Waals surface area contributed by atoms with Crippen LogP contribution in [0.4, 0.5) is 0 Å². The van der Waals surface area contributed by atoms with Crippen molar-refractivity contribution in [3.63, 3.8) is 0 Å². The lowest BCUT2D eigenvalue weighted by molar-refractivity contribution is -0.139. The number of hydrogen-bond donors (Lipinski definition) is 1. The van der Waals surface area contributed by atoms with Crippen molar-refractivity contribution < 1.29 is 14.3 Å². The van der Waals surface area contributed by atoms with Gasteiger partial charge in [0, 0.05) is 19.0 Å². The zero-order valence-electron chi connectivity index (χ0n) is 16.9. The molecule has 0 fully saturated rings. The van der Waals surface area contributed by atoms with E-state index in [9.17, 15) is 9.59 Å². The first-order valence-electron chi connectivity index (χ1n) is 10.0. The molecule has 1 aromatic carbocycles. The van der Waals surface area contributed by atoms with Crippen LogP contribution in [0.25, 0.3) is 6.08 Å². The Kier molecular flexibility index (Phi) is 10.8. The minimum Gasteiger partial charge on any atom is -0.427 e. The third kappa shape index (κ3) is 10.6. The van der Waals surface area contributed by atoms with E-state index in [1.54, 1.807) is 18.2 Å². The largest absolute Gasteiger partial charge is 0.427 e. The summed E-state index contributed by atoms with van der Waals surface area (Å²) in [4.78, 5) is 23.9. The number of allylic oxidation sites excluding steroid dienone is 11. The summed E-state index contributed by atoms with van der Waals surface area (Å²) in [6, 6.07) is 9.64. The summed E-state index contributed by atoms with van der Waals surface area (Å²) in [6.07, 6.45) is 25.4. The number of ether oxygens (including phenoxy) is 1. The molecule has 1 amide bonds. The Morgan fingerprint density at radius 1 is 0.833 bits per heavy atom. The molecule has 1 aromatic rings. The highest BCUT2D eigenvalue weighted by molar-refractivity contribution is 5.91. The van der Waals surface area contributed by atoms with E-state index in [1.807, 2.05) is 85.0 Å². The first-order chi connectivity index (χ1) is 14.7. The van der Waals surface area contributed by atoms with Crippen LogP contribution in [-0.2, 0) is 14.3 Å². The maximum atomic E-state index is 12.1. The molecule has 0 aromatic heterocycles. The summed E-state index contributed by atoms with van der Waals surface area (Å²) in [5.41, 5.74) is 0.975. The quantitative estimate of drug-likeness (QED) is 0.370. The zero-order valence-corrected chi connectivity index (χ0v) is 16.9. The minimum atomic E-state index is -0.291. The third-order valence-corrected chi connectivity index (χ3v) is 3.98. The van der Waals surface area contributed by atoms with Crippen molar-refractivity contribution in [1.29, 1.82) is 0 Å². The lowest BCUT2D eigenvalue weighted by Crippen LogP contribution is -2.22. The van der Waals surface area contributed by atoms with Gasteiger partial charge in [0.15, 0.2) is 0 Å². The van der Waals surface area contributed by atoms with Crippen LogP contribution in [0.1, 0.15) is 24.8 Å². The molecule has 30 heavy (non-hydrogen) atoms. The van der Waals surface area contributed by atoms with Gasteiger partial charge >= 0.3 is 5.97 Å². The molecule has 0 saturated carbocycles. The second-order valence-corrected chi connectivity index (χ2v) is 6.43. The van der Waals surface area contributed by atoms with Crippen LogP contribution in [-0.4, -0.2) is 18.4 Å². The summed E-state index contributed by atoms with van der Waals surface area (Å²) in [7, 11) is 0. The van der Waals surface area contributed by atoms with E-state index in [2.05, 4.69) is 5.32 Å². The summed E-state index contributed by atoms with van der Waals surface area (Å²) in [5.74, 6) is 0.0491. The standard InChI is InChI=1S/C26H27NO3/c28-25(21-20-23-15-9-8-10-16-23)27-22-14-13-19-26(29)30-24-17-11-6-4-2-1-3-5-7-12-18-24/h1-12,15-18,20-21H,13-14,19,22H2,(H,27,28)/b2-1-,3-1?,4-2?,5-3-,6-4-,7-5?,11-6?,12-7-,17-11-,18-12?,21-20+,24-17?,24-18+. The fourth-order valence-corrected chi connectivity index (χ4v) is 2.46. The molecule has 0 heterocycles. The van der Waals surface area contributed by atoms with E-state index in [0.29, 0.717) is 31.6 Å². The predicted octanol–water partition coefficient (Wildman–Crippen LogP) is 5.21. The fraction of sp³-hybridized carbons (Fsp3) is 0.154. The van der Waals surface area contributed by atoms with Gasteiger partial charge in [-0.15, -0.1) is 0 Å². The lowest BCUT2D eigenvalue weighted by atomic mass is 10.2. The lowest BCUT2D eigenvalue weighted by Gasteiger charge is -2.05. The first kappa shape index (κ1) is 22.6. The molecule has 0 bridgehead atoms. The SMILES string of the molecule is O=C(/C=C/c1ccccc1)NCCCCC(=O)OC1=C/C=C\C=C/C=C\C=C/C=C\1. The number of esters is 1. The molecule has 0 aliphatic heterocycles. The molecule has 4 nitrogen and oxygen atoms in total. The molecule has 0 radical (unpaired) electrons. The zero-order chi connectivity index (χ0) is 21.3. The highest BCUT2D eigenvalue weighted by atomic mass is 16.5. The number of carbonyl (C=O) groups is 2. The number of benzene rings is 1. The van der Waals surface area contributed by atoms with E-state index in [0.717, 1.165) is 5.56 Å². The molecular weight excluding hydrogens is 374 g/mol. The normalized spacial score (nSPS) is 20.6. The Bertz CT molecular complexity index is 884. The molecule has 0 saturated heterocycles. The van der Waals surface area contributed by atoms with Crippen molar-refractivity contribution in [3.8, 4) is 0 Å². The highest BCUT2D eigenvalue weighted by Gasteiger charge is 2.05. The Morgan fingerprint density at radius 2 is 1.50 bits per heavy atom. The van der Waals surface area contributed by atoms with Crippen LogP contribution in [0.2, 0.25) is 0 Å². The van der Waals surface area contributed by atoms with Gasteiger partial charge in [0.2, 0.25) is 5.91 Å². The van der Waals surface area contributed by atoms with Gasteiger partial charge < -0.3 is 10.1 Å². The molecule has 2 rings (SSSR count). The Labute approximate surface area is 178 Å². The van der Waals surface area contributed by atoms with Crippen LogP contribution in [0.5, 0.6) is 0 Å². The van der Waals surface area contributed by atoms with Crippen LogP contribution in [0.15, 0.2) is 109 Å². The van der Waals surface area contributed by atoms with Crippen molar-refractivity contribution >= 4 is 18.0 Å². The van der Waals surface area contributed by atoms with Gasteiger partial charge in [-0.25, -0.2) is 0 Å². The smallest absolute Gasteiger partial charge is 0.311 e. The number of hydrogen-bond acceptors (Lipinski definition) is 3. The monoisotopic (exact) mass is 401 g/mol. The van der Waals surface area contributed by atoms with Crippen LogP contribution in [0.3, 0.4) is 0 Å². The molecule has 1 aliphatic carbocycles. The van der Waals surface area contributed by atoms with Gasteiger partial charge in [0.25, 0.3) is 0 Å². The van der Waals surface area contributed by atoms with Gasteiger partial charge in [-0.1, -0.05) is 85.0 Å². The maximum Gasteiger partial charge on any atom is 0.311 e. The van der Waals surface area contributed by atoms with Crippen LogP contribution >= 0.6 is 0 Å². The first-order valence-corrected chi connectivity index (χ1v) is 10.0. The second kappa shape index (κ2) is 14.4. The van der Waals surface area contributed by atoms with Gasteiger partial charge in [-0.05, 0) is 36.6 Å². The summed E-state index contributed by atoms with van der Waals surface area (Å²) >= 11 is 0. The summed E-state index contributed by atoms with van der Waals surface area (Å²) in [6.45, 7) is 0.515. The van der Waals surface area contributed by atoms with Crippen molar-refractivity contribution in [2.45, 2.75) is 19.3 Å². The second-order valence-electron chi connectivity index (χ2n) is 6.43. The topological polar surface area (TPSA) is 55.4 Å². The predicted molar refractivity (Wildman–Crippen MR) is 122 cm³/mol. The number of rotatable bonds is 8. The van der Waals surface area contributed by atoms with Crippen molar-refractivity contribution in [3.05, 3.63) is 115 Å². The van der Waals surface area contributed by atoms with Crippen molar-refractivity contribution in [2.75, 3.05) is 6.54 Å². The van der Waals surface area contributed by atoms with E-state index in [1.165, 1.54) is 6.08 Å². The molecule has 1 aliphatic rings. The molecule has 154 valence electrons. The molecule has 0 spiro atoms. The van der Waals surface area contributed by atoms with Gasteiger partial charge in [-0.2, -0.15) is 0 Å². The third-order valence-electron chi connectivity index (χ3n) is 3.98. The fourth-order valence-electron chi connectivity index (χ4n) is 2.46. The van der Waals surface area contributed by atoms with E-state index in [-0.39, 0.29) is 11.9 Å². The Hall–Kier alpha value is -3.66. The molecule has 1 N–H and O–H groups in total. The number of unbranched alkanes of at least 4 members (excludes halogenated alkanes) is 1. The average molecular weight is 402 g/mol. The summed E-state index contributed by atoms with van der Waals surface area (Å²) in [5, 5.41) is 2.82. The van der Waals surface area contributed by atoms with Gasteiger partial charge in [0.05, 0.1) is 0 Å². The molecule has 4 heteroatoms. The van der Waals surface area contributed by atoms with Gasteiger partial charge in [0.1, 0.15) is 5.76 Å². The van der Waals surface area contributed by atoms with E-state index >= 15 is 0 Å². The van der Waals surface area contributed by atoms with Crippen molar-refractivity contribution in [1.82, 2.24) is 5.32 Å². The number of amides is 1. The average Bonchev–Trinajstić information content (AvgIpc) is 2.74. The van der Waals surface area contributed by atoms with Crippen LogP contribution in [0, 0.1) is 0 Å². The van der Waals surface area contributed by atoms with E-state index < -0.39 is 0 Å². The van der Waals surface area contributed by atoms with E-state index in [4.69, 9.17) is 4.74 Å². The Morgan fingerprint density at radius 3 is 2.23 bits per heavy atom. The molecular formula is C26H27NO3. The minimum absolute atomic E-state index is 0.145. The maximum absolute atomic E-state index is 12.1. The number of nitrogens with one attached hydrogen (secondary N) is 1. The molecule has 0 unspecified atom stereocenters. The number of carbonyl (C=O) groups excluding carboxylic acids is 2. The Balaban J connectivity index is 1.67. The highest BCUT2D eigenvalue weighted by Crippen LogP contribution is 2.06. The van der Waals surface area contributed by atoms with Crippen molar-refractivity contribution in [2.24, 2.45) is 0 Å².